The molecule has 1 rings (SSSR count). The van der Waals surface area contributed by atoms with Crippen LogP contribution in [-0.2, 0) is 9.78 Å². The first-order chi connectivity index (χ1) is 7.79. The predicted octanol–water partition coefficient (Wildman–Crippen LogP) is 2.78. The Morgan fingerprint density at radius 3 is 1.88 bits per heavy atom. The molecule has 1 aromatic rings. The van der Waals surface area contributed by atoms with Crippen molar-refractivity contribution in [3.05, 3.63) is 35.4 Å². The van der Waals surface area contributed by atoms with Crippen LogP contribution in [0.4, 0.5) is 0 Å². The van der Waals surface area contributed by atoms with E-state index in [1.165, 1.54) is 19.1 Å². The lowest BCUT2D eigenvalue weighted by Gasteiger charge is -2.16. The fraction of sp³-hybridized carbons (Fsp3) is 0.385. The molecule has 4 nitrogen and oxygen atoms in total. The van der Waals surface area contributed by atoms with Gasteiger partial charge in [-0.05, 0) is 39.8 Å². The lowest BCUT2D eigenvalue weighted by molar-refractivity contribution is -0.301. The van der Waals surface area contributed by atoms with E-state index in [4.69, 9.17) is 4.89 Å². The number of rotatable bonds is 3. The molecule has 17 heavy (non-hydrogen) atoms. The zero-order valence-corrected chi connectivity index (χ0v) is 10.4. The molecule has 0 unspecified atom stereocenters. The summed E-state index contributed by atoms with van der Waals surface area (Å²) in [7, 11) is 0. The molecular weight excluding hydrogens is 220 g/mol. The first-order valence-electron chi connectivity index (χ1n) is 5.30. The van der Waals surface area contributed by atoms with Crippen LogP contribution in [0, 0.1) is 0 Å². The van der Waals surface area contributed by atoms with E-state index in [0.717, 1.165) is 0 Å². The summed E-state index contributed by atoms with van der Waals surface area (Å²) in [5.41, 5.74) is 0.354. The quantitative estimate of drug-likeness (QED) is 0.460. The van der Waals surface area contributed by atoms with E-state index < -0.39 is 11.6 Å². The van der Waals surface area contributed by atoms with Crippen molar-refractivity contribution in [1.82, 2.24) is 0 Å². The van der Waals surface area contributed by atoms with Crippen LogP contribution in [0.1, 0.15) is 48.4 Å². The summed E-state index contributed by atoms with van der Waals surface area (Å²) in [6.07, 6.45) is 0. The molecule has 0 heterocycles. The van der Waals surface area contributed by atoms with Crippen LogP contribution in [-0.4, -0.2) is 17.4 Å². The monoisotopic (exact) mass is 236 g/mol. The van der Waals surface area contributed by atoms with Crippen LogP contribution in [0.5, 0.6) is 0 Å². The highest BCUT2D eigenvalue weighted by Gasteiger charge is 2.16. The molecule has 0 saturated heterocycles. The summed E-state index contributed by atoms with van der Waals surface area (Å²) in [4.78, 5) is 32.2. The second kappa shape index (κ2) is 5.10. The summed E-state index contributed by atoms with van der Waals surface area (Å²) in [6, 6.07) is 6.22. The summed E-state index contributed by atoms with van der Waals surface area (Å²) in [5.74, 6) is -0.620. The lowest BCUT2D eigenvalue weighted by atomic mass is 10.1. The Labute approximate surface area is 100 Å². The van der Waals surface area contributed by atoms with E-state index in [9.17, 15) is 9.59 Å². The number of benzene rings is 1. The largest absolute Gasteiger partial charge is 0.373 e. The fourth-order valence-corrected chi connectivity index (χ4v) is 1.05. The molecule has 0 aliphatic heterocycles. The number of carbonyl (C=O) groups excluding carboxylic acids is 2. The topological polar surface area (TPSA) is 52.6 Å². The SMILES string of the molecule is CC(=O)c1ccc(C(=O)OOC(C)(C)C)cc1. The molecule has 0 N–H and O–H groups in total. The van der Waals surface area contributed by atoms with Gasteiger partial charge in [-0.15, -0.1) is 0 Å². The van der Waals surface area contributed by atoms with Gasteiger partial charge in [0.2, 0.25) is 0 Å². The predicted molar refractivity (Wildman–Crippen MR) is 62.7 cm³/mol. The van der Waals surface area contributed by atoms with Crippen molar-refractivity contribution in [2.24, 2.45) is 0 Å². The second-order valence-electron chi connectivity index (χ2n) is 4.70. The van der Waals surface area contributed by atoms with Crippen molar-refractivity contribution < 1.29 is 19.4 Å². The van der Waals surface area contributed by atoms with Crippen LogP contribution < -0.4 is 0 Å². The average molecular weight is 236 g/mol. The maximum absolute atomic E-state index is 11.5. The van der Waals surface area contributed by atoms with E-state index in [1.54, 1.807) is 32.9 Å². The smallest absolute Gasteiger partial charge is 0.295 e. The van der Waals surface area contributed by atoms with Gasteiger partial charge in [-0.2, -0.15) is 4.89 Å². The molecular formula is C13H16O4. The summed E-state index contributed by atoms with van der Waals surface area (Å²) < 4.78 is 0. The minimum Gasteiger partial charge on any atom is -0.295 e. The Balaban J connectivity index is 2.67. The minimum absolute atomic E-state index is 0.0455. The number of ketones is 1. The van der Waals surface area contributed by atoms with Gasteiger partial charge >= 0.3 is 5.97 Å². The molecule has 0 atom stereocenters. The molecule has 1 aromatic carbocycles. The average Bonchev–Trinajstić information content (AvgIpc) is 2.25. The molecule has 0 spiro atoms. The Morgan fingerprint density at radius 2 is 1.47 bits per heavy atom. The highest BCUT2D eigenvalue weighted by atomic mass is 17.2. The van der Waals surface area contributed by atoms with E-state index in [0.29, 0.717) is 11.1 Å². The number of Topliss-reactive ketones (excluding diaryl/α,β-unsaturated/α-hetero) is 1. The molecule has 92 valence electrons. The van der Waals surface area contributed by atoms with Gasteiger partial charge in [-0.3, -0.25) is 9.68 Å². The van der Waals surface area contributed by atoms with Gasteiger partial charge in [0.25, 0.3) is 0 Å². The molecule has 0 aliphatic rings. The molecule has 0 radical (unpaired) electrons. The zero-order chi connectivity index (χ0) is 13.1. The molecule has 0 aliphatic carbocycles. The fourth-order valence-electron chi connectivity index (χ4n) is 1.05. The van der Waals surface area contributed by atoms with Gasteiger partial charge < -0.3 is 0 Å². The van der Waals surface area contributed by atoms with Crippen LogP contribution in [0.25, 0.3) is 0 Å². The van der Waals surface area contributed by atoms with Crippen LogP contribution >= 0.6 is 0 Å². The van der Waals surface area contributed by atoms with Crippen LogP contribution in [0.2, 0.25) is 0 Å². The highest BCUT2D eigenvalue weighted by Crippen LogP contribution is 2.11. The summed E-state index contributed by atoms with van der Waals surface area (Å²) in [5, 5.41) is 0. The third-order valence-electron chi connectivity index (χ3n) is 1.89. The van der Waals surface area contributed by atoms with Crippen molar-refractivity contribution in [3.8, 4) is 0 Å². The third-order valence-corrected chi connectivity index (χ3v) is 1.89. The van der Waals surface area contributed by atoms with Crippen molar-refractivity contribution in [1.29, 1.82) is 0 Å². The normalized spacial score (nSPS) is 11.1. The van der Waals surface area contributed by atoms with Crippen molar-refractivity contribution in [3.63, 3.8) is 0 Å². The Hall–Kier alpha value is -1.68. The maximum atomic E-state index is 11.5. The van der Waals surface area contributed by atoms with Gasteiger partial charge in [0.1, 0.15) is 5.60 Å². The summed E-state index contributed by atoms with van der Waals surface area (Å²) >= 11 is 0. The first-order valence-corrected chi connectivity index (χ1v) is 5.30. The van der Waals surface area contributed by atoms with E-state index in [2.05, 4.69) is 4.89 Å². The van der Waals surface area contributed by atoms with Gasteiger partial charge in [-0.1, -0.05) is 12.1 Å². The number of hydrogen-bond acceptors (Lipinski definition) is 4. The van der Waals surface area contributed by atoms with E-state index in [-0.39, 0.29) is 5.78 Å². The number of carbonyl (C=O) groups is 2. The van der Waals surface area contributed by atoms with Gasteiger partial charge in [0, 0.05) is 5.56 Å². The Kier molecular flexibility index (Phi) is 4.02. The van der Waals surface area contributed by atoms with Crippen molar-refractivity contribution >= 4 is 11.8 Å². The van der Waals surface area contributed by atoms with E-state index >= 15 is 0 Å². The molecule has 0 aromatic heterocycles. The third kappa shape index (κ3) is 4.36. The van der Waals surface area contributed by atoms with Crippen LogP contribution in [0.3, 0.4) is 0 Å². The molecule has 0 amide bonds. The summed E-state index contributed by atoms with van der Waals surface area (Å²) in [6.45, 7) is 6.80. The first kappa shape index (κ1) is 13.4. The maximum Gasteiger partial charge on any atom is 0.373 e. The van der Waals surface area contributed by atoms with Gasteiger partial charge in [0.15, 0.2) is 5.78 Å². The van der Waals surface area contributed by atoms with Gasteiger partial charge in [-0.25, -0.2) is 4.79 Å². The Bertz CT molecular complexity index is 412. The van der Waals surface area contributed by atoms with Crippen molar-refractivity contribution in [2.45, 2.75) is 33.3 Å². The second-order valence-corrected chi connectivity index (χ2v) is 4.70. The molecule has 0 bridgehead atoms. The molecule has 0 saturated carbocycles. The van der Waals surface area contributed by atoms with Crippen molar-refractivity contribution in [2.75, 3.05) is 0 Å². The minimum atomic E-state index is -0.574. The number of hydrogen-bond donors (Lipinski definition) is 0. The van der Waals surface area contributed by atoms with Crippen LogP contribution in [0.15, 0.2) is 24.3 Å². The van der Waals surface area contributed by atoms with Gasteiger partial charge in [0.05, 0.1) is 5.56 Å². The Morgan fingerprint density at radius 1 is 1.00 bits per heavy atom. The molecule has 0 fully saturated rings. The standard InChI is InChI=1S/C13H16O4/c1-9(14)10-5-7-11(8-6-10)12(15)16-17-13(2,3)4/h5-8H,1-4H3. The van der Waals surface area contributed by atoms with E-state index in [1.807, 2.05) is 0 Å². The zero-order valence-electron chi connectivity index (χ0n) is 10.4. The highest BCUT2D eigenvalue weighted by molar-refractivity contribution is 5.95. The lowest BCUT2D eigenvalue weighted by Crippen LogP contribution is -2.21. The molecule has 4 heteroatoms.